The second kappa shape index (κ2) is 5.55. The molecule has 0 aliphatic carbocycles. The van der Waals surface area contributed by atoms with E-state index in [1.54, 1.807) is 0 Å². The summed E-state index contributed by atoms with van der Waals surface area (Å²) in [6.45, 7) is 6.28. The summed E-state index contributed by atoms with van der Waals surface area (Å²) in [6, 6.07) is 5.98. The number of nitrogen functional groups attached to an aromatic ring is 1. The summed E-state index contributed by atoms with van der Waals surface area (Å²) < 4.78 is 3.02. The fourth-order valence-electron chi connectivity index (χ4n) is 2.20. The minimum absolute atomic E-state index is 0.280. The predicted molar refractivity (Wildman–Crippen MR) is 84.5 cm³/mol. The van der Waals surface area contributed by atoms with Crippen molar-refractivity contribution >= 4 is 33.3 Å². The minimum atomic E-state index is 0.280. The lowest BCUT2D eigenvalue weighted by molar-refractivity contribution is 0.579. The van der Waals surface area contributed by atoms with Crippen LogP contribution in [0.4, 0.5) is 5.82 Å². The zero-order valence-electron chi connectivity index (χ0n) is 11.2. The van der Waals surface area contributed by atoms with Gasteiger partial charge in [0, 0.05) is 22.5 Å². The molecule has 0 radical (unpaired) electrons. The Balaban J connectivity index is 2.66. The third kappa shape index (κ3) is 2.65. The quantitative estimate of drug-likeness (QED) is 0.879. The van der Waals surface area contributed by atoms with Crippen LogP contribution in [-0.4, -0.2) is 9.55 Å². The highest BCUT2D eigenvalue weighted by atomic mass is 79.9. The molecular formula is C14H17BrClN3. The summed E-state index contributed by atoms with van der Waals surface area (Å²) in [5.41, 5.74) is 7.88. The molecular weight excluding hydrogens is 326 g/mol. The summed E-state index contributed by atoms with van der Waals surface area (Å²) in [5.74, 6) is 1.66. The van der Waals surface area contributed by atoms with Crippen molar-refractivity contribution in [3.8, 4) is 11.3 Å². The number of imidazole rings is 1. The van der Waals surface area contributed by atoms with Crippen LogP contribution in [0.5, 0.6) is 0 Å². The first kappa shape index (κ1) is 14.4. The fraction of sp³-hybridized carbons (Fsp3) is 0.357. The number of rotatable bonds is 3. The highest BCUT2D eigenvalue weighted by molar-refractivity contribution is 9.10. The molecule has 19 heavy (non-hydrogen) atoms. The van der Waals surface area contributed by atoms with Crippen LogP contribution in [0.25, 0.3) is 11.3 Å². The van der Waals surface area contributed by atoms with Crippen molar-refractivity contribution in [2.75, 3.05) is 5.73 Å². The maximum Gasteiger partial charge on any atom is 0.132 e. The number of hydrogen-bond acceptors (Lipinski definition) is 2. The molecule has 3 nitrogen and oxygen atoms in total. The van der Waals surface area contributed by atoms with Crippen LogP contribution in [0.2, 0.25) is 5.02 Å². The lowest BCUT2D eigenvalue weighted by atomic mass is 10.1. The topological polar surface area (TPSA) is 43.8 Å². The molecule has 0 atom stereocenters. The van der Waals surface area contributed by atoms with Crippen LogP contribution in [0.3, 0.4) is 0 Å². The molecule has 0 unspecified atom stereocenters. The molecule has 1 aromatic carbocycles. The van der Waals surface area contributed by atoms with E-state index in [4.69, 9.17) is 17.3 Å². The van der Waals surface area contributed by atoms with Gasteiger partial charge in [-0.2, -0.15) is 0 Å². The summed E-state index contributed by atoms with van der Waals surface area (Å²) in [7, 11) is 0. The van der Waals surface area contributed by atoms with E-state index >= 15 is 0 Å². The minimum Gasteiger partial charge on any atom is -0.383 e. The fourth-order valence-corrected chi connectivity index (χ4v) is 2.76. The van der Waals surface area contributed by atoms with Gasteiger partial charge in [0.15, 0.2) is 0 Å². The zero-order chi connectivity index (χ0) is 14.2. The van der Waals surface area contributed by atoms with Gasteiger partial charge in [0.25, 0.3) is 0 Å². The molecule has 0 saturated carbocycles. The number of anilines is 1. The third-order valence-electron chi connectivity index (χ3n) is 3.04. The van der Waals surface area contributed by atoms with E-state index in [2.05, 4.69) is 46.3 Å². The number of aryl methyl sites for hydroxylation is 1. The molecule has 2 aromatic rings. The molecule has 102 valence electrons. The third-order valence-corrected chi connectivity index (χ3v) is 3.86. The maximum atomic E-state index is 6.26. The van der Waals surface area contributed by atoms with Crippen molar-refractivity contribution < 1.29 is 0 Å². The number of hydrogen-bond donors (Lipinski definition) is 1. The van der Waals surface area contributed by atoms with Gasteiger partial charge in [0.1, 0.15) is 17.3 Å². The second-order valence-corrected chi connectivity index (χ2v) is 6.03. The molecule has 0 fully saturated rings. The first-order valence-corrected chi connectivity index (χ1v) is 7.44. The highest BCUT2D eigenvalue weighted by Crippen LogP contribution is 2.35. The second-order valence-electron chi connectivity index (χ2n) is 4.70. The SMILES string of the molecule is CCc1nc(-c2cc(Br)ccc2Cl)c(N)n1C(C)C. The van der Waals surface area contributed by atoms with Crippen LogP contribution in [0.1, 0.15) is 32.6 Å². The van der Waals surface area contributed by atoms with Gasteiger partial charge >= 0.3 is 0 Å². The van der Waals surface area contributed by atoms with E-state index in [0.29, 0.717) is 10.8 Å². The van der Waals surface area contributed by atoms with Crippen molar-refractivity contribution in [1.29, 1.82) is 0 Å². The molecule has 0 saturated heterocycles. The van der Waals surface area contributed by atoms with E-state index in [0.717, 1.165) is 28.0 Å². The van der Waals surface area contributed by atoms with Gasteiger partial charge in [0.05, 0.1) is 5.02 Å². The van der Waals surface area contributed by atoms with E-state index in [-0.39, 0.29) is 6.04 Å². The Labute approximate surface area is 126 Å². The zero-order valence-corrected chi connectivity index (χ0v) is 13.6. The van der Waals surface area contributed by atoms with Crippen molar-refractivity contribution in [3.05, 3.63) is 33.5 Å². The molecule has 5 heteroatoms. The standard InChI is InChI=1S/C14H17BrClN3/c1-4-12-18-13(14(17)19(12)8(2)3)10-7-9(15)5-6-11(10)16/h5-8H,4,17H2,1-3H3. The normalized spacial score (nSPS) is 11.3. The summed E-state index contributed by atoms with van der Waals surface area (Å²) in [4.78, 5) is 4.65. The van der Waals surface area contributed by atoms with E-state index < -0.39 is 0 Å². The molecule has 1 heterocycles. The van der Waals surface area contributed by atoms with Gasteiger partial charge in [-0.15, -0.1) is 0 Å². The lowest BCUT2D eigenvalue weighted by Gasteiger charge is -2.12. The van der Waals surface area contributed by atoms with Gasteiger partial charge in [-0.3, -0.25) is 0 Å². The molecule has 1 aromatic heterocycles. The van der Waals surface area contributed by atoms with Crippen LogP contribution < -0.4 is 5.73 Å². The molecule has 0 bridgehead atoms. The number of aromatic nitrogens is 2. The van der Waals surface area contributed by atoms with Gasteiger partial charge < -0.3 is 10.3 Å². The molecule has 0 aliphatic heterocycles. The summed E-state index contributed by atoms with van der Waals surface area (Å²) in [5, 5.41) is 0.658. The summed E-state index contributed by atoms with van der Waals surface area (Å²) >= 11 is 9.72. The molecule has 0 amide bonds. The molecule has 2 N–H and O–H groups in total. The Kier molecular flexibility index (Phi) is 4.21. The van der Waals surface area contributed by atoms with Crippen molar-refractivity contribution in [2.24, 2.45) is 0 Å². The van der Waals surface area contributed by atoms with E-state index in [1.807, 2.05) is 18.2 Å². The average molecular weight is 343 g/mol. The van der Waals surface area contributed by atoms with Crippen LogP contribution in [-0.2, 0) is 6.42 Å². The lowest BCUT2D eigenvalue weighted by Crippen LogP contribution is -2.08. The van der Waals surface area contributed by atoms with Crippen molar-refractivity contribution in [1.82, 2.24) is 9.55 Å². The van der Waals surface area contributed by atoms with E-state index in [9.17, 15) is 0 Å². The average Bonchev–Trinajstić information content (AvgIpc) is 2.69. The number of nitrogens with two attached hydrogens (primary N) is 1. The Bertz CT molecular complexity index is 605. The van der Waals surface area contributed by atoms with Gasteiger partial charge in [-0.1, -0.05) is 34.5 Å². The highest BCUT2D eigenvalue weighted by Gasteiger charge is 2.18. The maximum absolute atomic E-state index is 6.26. The molecule has 0 aliphatic rings. The first-order valence-electron chi connectivity index (χ1n) is 6.27. The molecule has 2 rings (SSSR count). The van der Waals surface area contributed by atoms with Gasteiger partial charge in [-0.05, 0) is 32.0 Å². The smallest absolute Gasteiger partial charge is 0.132 e. The van der Waals surface area contributed by atoms with Gasteiger partial charge in [-0.25, -0.2) is 4.98 Å². The Morgan fingerprint density at radius 3 is 2.63 bits per heavy atom. The first-order chi connectivity index (χ1) is 8.95. The van der Waals surface area contributed by atoms with Crippen molar-refractivity contribution in [3.63, 3.8) is 0 Å². The Hall–Kier alpha value is -1.00. The Morgan fingerprint density at radius 2 is 2.11 bits per heavy atom. The monoisotopic (exact) mass is 341 g/mol. The van der Waals surface area contributed by atoms with E-state index in [1.165, 1.54) is 0 Å². The predicted octanol–water partition coefficient (Wildman–Crippen LogP) is 4.69. The van der Waals surface area contributed by atoms with Crippen LogP contribution >= 0.6 is 27.5 Å². The largest absolute Gasteiger partial charge is 0.383 e. The van der Waals surface area contributed by atoms with Crippen LogP contribution in [0.15, 0.2) is 22.7 Å². The number of nitrogens with zero attached hydrogens (tertiary/aromatic N) is 2. The van der Waals surface area contributed by atoms with Crippen molar-refractivity contribution in [2.45, 2.75) is 33.2 Å². The van der Waals surface area contributed by atoms with Gasteiger partial charge in [0.2, 0.25) is 0 Å². The van der Waals surface area contributed by atoms with Crippen LogP contribution in [0, 0.1) is 0 Å². The Morgan fingerprint density at radius 1 is 1.42 bits per heavy atom. The number of benzene rings is 1. The summed E-state index contributed by atoms with van der Waals surface area (Å²) in [6.07, 6.45) is 0.841. The number of halogens is 2. The molecule has 0 spiro atoms.